The SMILES string of the molecule is Cc1nc(NN)cc(NCc2nccs2)n1. The van der Waals surface area contributed by atoms with E-state index in [9.17, 15) is 0 Å². The number of rotatable bonds is 4. The predicted molar refractivity (Wildman–Crippen MR) is 64.0 cm³/mol. The van der Waals surface area contributed by atoms with Gasteiger partial charge in [0, 0.05) is 17.6 Å². The second-order valence-electron chi connectivity index (χ2n) is 3.11. The second kappa shape index (κ2) is 4.86. The Kier molecular flexibility index (Phi) is 3.28. The molecule has 4 N–H and O–H groups in total. The van der Waals surface area contributed by atoms with Gasteiger partial charge in [0.05, 0.1) is 6.54 Å². The maximum Gasteiger partial charge on any atom is 0.145 e. The zero-order valence-electron chi connectivity index (χ0n) is 8.77. The number of nitrogen functional groups attached to an aromatic ring is 1. The first-order valence-corrected chi connectivity index (χ1v) is 5.60. The first-order chi connectivity index (χ1) is 7.78. The van der Waals surface area contributed by atoms with Crippen LogP contribution in [0.5, 0.6) is 0 Å². The van der Waals surface area contributed by atoms with E-state index in [1.54, 1.807) is 23.6 Å². The summed E-state index contributed by atoms with van der Waals surface area (Å²) in [5.74, 6) is 7.29. The first kappa shape index (κ1) is 10.8. The van der Waals surface area contributed by atoms with Gasteiger partial charge in [-0.25, -0.2) is 20.8 Å². The van der Waals surface area contributed by atoms with Gasteiger partial charge in [-0.1, -0.05) is 0 Å². The van der Waals surface area contributed by atoms with E-state index in [-0.39, 0.29) is 0 Å². The summed E-state index contributed by atoms with van der Waals surface area (Å²) in [4.78, 5) is 12.5. The number of hydrogen-bond acceptors (Lipinski definition) is 7. The fraction of sp³-hybridized carbons (Fsp3) is 0.222. The summed E-state index contributed by atoms with van der Waals surface area (Å²) < 4.78 is 0. The molecule has 2 aromatic heterocycles. The monoisotopic (exact) mass is 236 g/mol. The first-order valence-electron chi connectivity index (χ1n) is 4.72. The molecule has 0 atom stereocenters. The van der Waals surface area contributed by atoms with Gasteiger partial charge in [0.2, 0.25) is 0 Å². The van der Waals surface area contributed by atoms with Gasteiger partial charge in [-0.05, 0) is 6.92 Å². The van der Waals surface area contributed by atoms with Crippen molar-refractivity contribution < 1.29 is 0 Å². The summed E-state index contributed by atoms with van der Waals surface area (Å²) in [6, 6.07) is 1.75. The standard InChI is InChI=1S/C9H12N6S/c1-6-13-7(4-8(14-6)15-10)12-5-9-11-2-3-16-9/h2-4H,5,10H2,1H3,(H2,12,13,14,15). The normalized spacial score (nSPS) is 10.1. The van der Waals surface area contributed by atoms with Gasteiger partial charge in [0.25, 0.3) is 0 Å². The fourth-order valence-electron chi connectivity index (χ4n) is 1.24. The molecule has 0 bridgehead atoms. The highest BCUT2D eigenvalue weighted by Gasteiger charge is 2.01. The number of nitrogens with one attached hydrogen (secondary N) is 2. The third-order valence-corrected chi connectivity index (χ3v) is 2.67. The lowest BCUT2D eigenvalue weighted by Gasteiger charge is -2.06. The molecule has 0 fully saturated rings. The number of aromatic nitrogens is 3. The molecule has 2 aromatic rings. The highest BCUT2D eigenvalue weighted by atomic mass is 32.1. The van der Waals surface area contributed by atoms with Gasteiger partial charge < -0.3 is 10.7 Å². The Balaban J connectivity index is 2.06. The number of nitrogens with two attached hydrogens (primary N) is 1. The Hall–Kier alpha value is -1.73. The summed E-state index contributed by atoms with van der Waals surface area (Å²) >= 11 is 1.60. The van der Waals surface area contributed by atoms with Crippen LogP contribution in [-0.2, 0) is 6.54 Å². The predicted octanol–water partition coefficient (Wildman–Crippen LogP) is 1.14. The van der Waals surface area contributed by atoms with E-state index >= 15 is 0 Å². The fourth-order valence-corrected chi connectivity index (χ4v) is 1.79. The minimum atomic E-state index is 0.592. The van der Waals surface area contributed by atoms with Gasteiger partial charge >= 0.3 is 0 Å². The van der Waals surface area contributed by atoms with E-state index < -0.39 is 0 Å². The maximum atomic E-state index is 5.30. The number of aryl methyl sites for hydroxylation is 1. The van der Waals surface area contributed by atoms with Crippen LogP contribution >= 0.6 is 11.3 Å². The number of thiazole rings is 1. The van der Waals surface area contributed by atoms with Crippen molar-refractivity contribution in [1.29, 1.82) is 0 Å². The summed E-state index contributed by atoms with van der Waals surface area (Å²) in [6.07, 6.45) is 1.78. The van der Waals surface area contributed by atoms with Crippen molar-refractivity contribution in [1.82, 2.24) is 15.0 Å². The molecule has 0 unspecified atom stereocenters. The van der Waals surface area contributed by atoms with Gasteiger partial charge in [-0.2, -0.15) is 0 Å². The zero-order chi connectivity index (χ0) is 11.4. The molecule has 2 heterocycles. The van der Waals surface area contributed by atoms with E-state index in [2.05, 4.69) is 25.7 Å². The number of nitrogens with zero attached hydrogens (tertiary/aromatic N) is 3. The summed E-state index contributed by atoms with van der Waals surface area (Å²) in [7, 11) is 0. The topological polar surface area (TPSA) is 88.8 Å². The van der Waals surface area contributed by atoms with Crippen molar-refractivity contribution in [2.75, 3.05) is 10.7 Å². The Morgan fingerprint density at radius 1 is 1.38 bits per heavy atom. The van der Waals surface area contributed by atoms with Crippen molar-refractivity contribution in [2.45, 2.75) is 13.5 Å². The van der Waals surface area contributed by atoms with Crippen LogP contribution in [0.1, 0.15) is 10.8 Å². The van der Waals surface area contributed by atoms with Crippen molar-refractivity contribution >= 4 is 23.0 Å². The van der Waals surface area contributed by atoms with Crippen LogP contribution in [0.4, 0.5) is 11.6 Å². The number of anilines is 2. The largest absolute Gasteiger partial charge is 0.363 e. The number of hydrazine groups is 1. The van der Waals surface area contributed by atoms with Crippen molar-refractivity contribution in [2.24, 2.45) is 5.84 Å². The van der Waals surface area contributed by atoms with E-state index in [4.69, 9.17) is 5.84 Å². The molecule has 0 aromatic carbocycles. The van der Waals surface area contributed by atoms with E-state index in [0.29, 0.717) is 18.2 Å². The molecule has 0 radical (unpaired) electrons. The van der Waals surface area contributed by atoms with Crippen molar-refractivity contribution in [3.8, 4) is 0 Å². The van der Waals surface area contributed by atoms with E-state index in [1.165, 1.54) is 0 Å². The quantitative estimate of drug-likeness (QED) is 0.545. The highest BCUT2D eigenvalue weighted by Crippen LogP contribution is 2.12. The summed E-state index contributed by atoms with van der Waals surface area (Å²) in [6.45, 7) is 2.47. The molecule has 0 aliphatic heterocycles. The van der Waals surface area contributed by atoms with Crippen LogP contribution in [-0.4, -0.2) is 15.0 Å². The van der Waals surface area contributed by atoms with Crippen molar-refractivity contribution in [3.63, 3.8) is 0 Å². The molecular weight excluding hydrogens is 224 g/mol. The highest BCUT2D eigenvalue weighted by molar-refractivity contribution is 7.09. The van der Waals surface area contributed by atoms with Crippen molar-refractivity contribution in [3.05, 3.63) is 28.5 Å². The minimum Gasteiger partial charge on any atom is -0.363 e. The summed E-state index contributed by atoms with van der Waals surface area (Å²) in [5, 5.41) is 6.12. The molecule has 0 aliphatic rings. The second-order valence-corrected chi connectivity index (χ2v) is 4.09. The van der Waals surface area contributed by atoms with Crippen LogP contribution in [0.3, 0.4) is 0 Å². The molecule has 2 rings (SSSR count). The molecule has 84 valence electrons. The molecule has 0 aliphatic carbocycles. The molecule has 6 nitrogen and oxygen atoms in total. The molecular formula is C9H12N6S. The van der Waals surface area contributed by atoms with Crippen LogP contribution in [0, 0.1) is 6.92 Å². The minimum absolute atomic E-state index is 0.592. The summed E-state index contributed by atoms with van der Waals surface area (Å²) in [5.41, 5.74) is 2.50. The molecule has 16 heavy (non-hydrogen) atoms. The Labute approximate surface area is 96.9 Å². The third kappa shape index (κ3) is 2.65. The Morgan fingerprint density at radius 3 is 2.88 bits per heavy atom. The lowest BCUT2D eigenvalue weighted by Crippen LogP contribution is -2.11. The van der Waals surface area contributed by atoms with Crippen LogP contribution in [0.2, 0.25) is 0 Å². The van der Waals surface area contributed by atoms with Gasteiger partial charge in [-0.15, -0.1) is 11.3 Å². The lowest BCUT2D eigenvalue weighted by molar-refractivity contribution is 1.01. The molecule has 7 heteroatoms. The van der Waals surface area contributed by atoms with Gasteiger partial charge in [0.15, 0.2) is 0 Å². The Morgan fingerprint density at radius 2 is 2.19 bits per heavy atom. The van der Waals surface area contributed by atoms with Gasteiger partial charge in [-0.3, -0.25) is 0 Å². The number of hydrogen-bond donors (Lipinski definition) is 3. The molecule has 0 saturated carbocycles. The smallest absolute Gasteiger partial charge is 0.145 e. The van der Waals surface area contributed by atoms with Crippen LogP contribution in [0.15, 0.2) is 17.6 Å². The average Bonchev–Trinajstić information content (AvgIpc) is 2.78. The molecule has 0 amide bonds. The third-order valence-electron chi connectivity index (χ3n) is 1.89. The van der Waals surface area contributed by atoms with Crippen LogP contribution in [0.25, 0.3) is 0 Å². The average molecular weight is 236 g/mol. The van der Waals surface area contributed by atoms with E-state index in [1.807, 2.05) is 12.3 Å². The Bertz CT molecular complexity index is 455. The van der Waals surface area contributed by atoms with E-state index in [0.717, 1.165) is 10.8 Å². The van der Waals surface area contributed by atoms with Gasteiger partial charge in [0.1, 0.15) is 22.5 Å². The molecule has 0 saturated heterocycles. The molecule has 0 spiro atoms. The van der Waals surface area contributed by atoms with Crippen LogP contribution < -0.4 is 16.6 Å². The maximum absolute atomic E-state index is 5.30. The lowest BCUT2D eigenvalue weighted by atomic mass is 10.5. The zero-order valence-corrected chi connectivity index (χ0v) is 9.58.